The van der Waals surface area contributed by atoms with Crippen molar-refractivity contribution in [1.82, 2.24) is 5.32 Å². The van der Waals surface area contributed by atoms with Crippen molar-refractivity contribution in [1.29, 1.82) is 0 Å². The Bertz CT molecular complexity index is 1020. The number of carbonyl (C=O) groups excluding carboxylic acids is 2. The first kappa shape index (κ1) is 21.0. The molecule has 5 nitrogen and oxygen atoms in total. The average Bonchev–Trinajstić information content (AvgIpc) is 2.76. The van der Waals surface area contributed by atoms with Crippen LogP contribution in [0.4, 0.5) is 4.39 Å². The second-order valence-electron chi connectivity index (χ2n) is 6.75. The van der Waals surface area contributed by atoms with E-state index in [1.54, 1.807) is 36.4 Å². The number of halogens is 1. The maximum atomic E-state index is 12.9. The van der Waals surface area contributed by atoms with Gasteiger partial charge in [0.2, 0.25) is 0 Å². The minimum atomic E-state index is -0.647. The van der Waals surface area contributed by atoms with Crippen molar-refractivity contribution in [3.05, 3.63) is 101 Å². The minimum Gasteiger partial charge on any atom is -0.488 e. The van der Waals surface area contributed by atoms with Crippen LogP contribution in [0.25, 0.3) is 0 Å². The van der Waals surface area contributed by atoms with E-state index in [0.717, 1.165) is 16.7 Å². The first-order chi connectivity index (χ1) is 14.5. The van der Waals surface area contributed by atoms with Crippen LogP contribution in [-0.4, -0.2) is 18.5 Å². The van der Waals surface area contributed by atoms with Crippen molar-refractivity contribution < 1.29 is 23.5 Å². The van der Waals surface area contributed by atoms with Crippen LogP contribution in [0, 0.1) is 12.7 Å². The predicted octanol–water partition coefficient (Wildman–Crippen LogP) is 4.19. The van der Waals surface area contributed by atoms with E-state index in [2.05, 4.69) is 5.32 Å². The van der Waals surface area contributed by atoms with Crippen molar-refractivity contribution in [2.45, 2.75) is 20.1 Å². The second-order valence-corrected chi connectivity index (χ2v) is 6.75. The molecule has 0 fully saturated rings. The molecule has 3 aromatic carbocycles. The molecular formula is C24H22FNO4. The van der Waals surface area contributed by atoms with Gasteiger partial charge in [0.15, 0.2) is 6.61 Å². The van der Waals surface area contributed by atoms with Gasteiger partial charge < -0.3 is 14.8 Å². The van der Waals surface area contributed by atoms with Gasteiger partial charge in [-0.05, 0) is 42.3 Å². The molecule has 0 saturated carbocycles. The van der Waals surface area contributed by atoms with Gasteiger partial charge in [0.1, 0.15) is 23.7 Å². The van der Waals surface area contributed by atoms with Crippen molar-refractivity contribution in [3.63, 3.8) is 0 Å². The largest absolute Gasteiger partial charge is 0.488 e. The molecule has 0 atom stereocenters. The third-order valence-electron chi connectivity index (χ3n) is 4.32. The summed E-state index contributed by atoms with van der Waals surface area (Å²) in [6.07, 6.45) is 0. The summed E-state index contributed by atoms with van der Waals surface area (Å²) in [6.45, 7) is 2.10. The fourth-order valence-corrected chi connectivity index (χ4v) is 2.79. The third kappa shape index (κ3) is 6.17. The number of nitrogens with one attached hydrogen (secondary N) is 1. The lowest BCUT2D eigenvalue weighted by molar-refractivity contribution is -0.124. The lowest BCUT2D eigenvalue weighted by atomic mass is 10.1. The van der Waals surface area contributed by atoms with Crippen LogP contribution >= 0.6 is 0 Å². The highest BCUT2D eigenvalue weighted by molar-refractivity contribution is 5.94. The molecule has 30 heavy (non-hydrogen) atoms. The van der Waals surface area contributed by atoms with Gasteiger partial charge in [0, 0.05) is 6.54 Å². The zero-order valence-corrected chi connectivity index (χ0v) is 16.6. The Hall–Kier alpha value is -3.67. The number of carbonyl (C=O) groups is 2. The average molecular weight is 407 g/mol. The molecule has 0 bridgehead atoms. The van der Waals surface area contributed by atoms with Gasteiger partial charge in [0.05, 0.1) is 0 Å². The van der Waals surface area contributed by atoms with Crippen LogP contribution in [0.3, 0.4) is 0 Å². The van der Waals surface area contributed by atoms with Crippen LogP contribution in [0.15, 0.2) is 72.8 Å². The summed E-state index contributed by atoms with van der Waals surface area (Å²) >= 11 is 0. The van der Waals surface area contributed by atoms with Gasteiger partial charge in [0.25, 0.3) is 5.91 Å². The number of ether oxygens (including phenoxy) is 2. The Morgan fingerprint density at radius 2 is 1.70 bits per heavy atom. The van der Waals surface area contributed by atoms with Crippen molar-refractivity contribution in [2.24, 2.45) is 0 Å². The monoisotopic (exact) mass is 407 g/mol. The molecule has 1 amide bonds. The van der Waals surface area contributed by atoms with Crippen LogP contribution in [0.2, 0.25) is 0 Å². The highest BCUT2D eigenvalue weighted by atomic mass is 19.1. The van der Waals surface area contributed by atoms with Crippen molar-refractivity contribution in [3.8, 4) is 5.75 Å². The molecule has 0 aliphatic rings. The maximum absolute atomic E-state index is 12.9. The number of rotatable bonds is 8. The highest BCUT2D eigenvalue weighted by Gasteiger charge is 2.15. The molecule has 1 N–H and O–H groups in total. The summed E-state index contributed by atoms with van der Waals surface area (Å²) in [6, 6.07) is 20.4. The summed E-state index contributed by atoms with van der Waals surface area (Å²) in [7, 11) is 0. The predicted molar refractivity (Wildman–Crippen MR) is 110 cm³/mol. The van der Waals surface area contributed by atoms with Crippen LogP contribution < -0.4 is 10.1 Å². The fourth-order valence-electron chi connectivity index (χ4n) is 2.79. The number of aryl methyl sites for hydroxylation is 1. The molecule has 0 radical (unpaired) electrons. The fraction of sp³-hybridized carbons (Fsp3) is 0.167. The number of hydrogen-bond donors (Lipinski definition) is 1. The van der Waals surface area contributed by atoms with E-state index < -0.39 is 18.5 Å². The molecule has 0 saturated heterocycles. The maximum Gasteiger partial charge on any atom is 0.342 e. The molecule has 0 aliphatic heterocycles. The Balaban J connectivity index is 1.52. The van der Waals surface area contributed by atoms with Crippen LogP contribution in [-0.2, 0) is 22.7 Å². The van der Waals surface area contributed by atoms with Crippen molar-refractivity contribution >= 4 is 11.9 Å². The van der Waals surface area contributed by atoms with Gasteiger partial charge >= 0.3 is 5.97 Å². The summed E-state index contributed by atoms with van der Waals surface area (Å²) in [4.78, 5) is 24.4. The van der Waals surface area contributed by atoms with E-state index >= 15 is 0 Å². The quantitative estimate of drug-likeness (QED) is 0.569. The Morgan fingerprint density at radius 1 is 0.933 bits per heavy atom. The van der Waals surface area contributed by atoms with E-state index in [1.807, 2.05) is 31.2 Å². The van der Waals surface area contributed by atoms with Gasteiger partial charge in [-0.15, -0.1) is 0 Å². The van der Waals surface area contributed by atoms with E-state index in [9.17, 15) is 14.0 Å². The molecule has 0 aromatic heterocycles. The normalized spacial score (nSPS) is 10.3. The zero-order valence-electron chi connectivity index (χ0n) is 16.6. The first-order valence-corrected chi connectivity index (χ1v) is 9.47. The summed E-state index contributed by atoms with van der Waals surface area (Å²) in [5.41, 5.74) is 3.09. The molecular weight excluding hydrogens is 385 g/mol. The summed E-state index contributed by atoms with van der Waals surface area (Å²) < 4.78 is 23.8. The first-order valence-electron chi connectivity index (χ1n) is 9.47. The molecule has 0 aliphatic carbocycles. The van der Waals surface area contributed by atoms with E-state index in [1.165, 1.54) is 12.1 Å². The Morgan fingerprint density at radius 3 is 2.47 bits per heavy atom. The highest BCUT2D eigenvalue weighted by Crippen LogP contribution is 2.20. The molecule has 0 spiro atoms. The Labute approximate surface area is 174 Å². The van der Waals surface area contributed by atoms with Gasteiger partial charge in [-0.25, -0.2) is 9.18 Å². The van der Waals surface area contributed by atoms with E-state index in [-0.39, 0.29) is 17.9 Å². The summed E-state index contributed by atoms with van der Waals surface area (Å²) in [5, 5.41) is 2.62. The van der Waals surface area contributed by atoms with Gasteiger partial charge in [-0.3, -0.25) is 4.79 Å². The summed E-state index contributed by atoms with van der Waals surface area (Å²) in [5.74, 6) is -1.06. The number of amides is 1. The minimum absolute atomic E-state index is 0.215. The smallest absolute Gasteiger partial charge is 0.342 e. The molecule has 154 valence electrons. The molecule has 6 heteroatoms. The van der Waals surface area contributed by atoms with Crippen LogP contribution in [0.1, 0.15) is 27.0 Å². The van der Waals surface area contributed by atoms with E-state index in [4.69, 9.17) is 9.47 Å². The topological polar surface area (TPSA) is 64.6 Å². The number of para-hydroxylation sites is 1. The lowest BCUT2D eigenvalue weighted by Gasteiger charge is -2.12. The molecule has 0 heterocycles. The second kappa shape index (κ2) is 10.2. The zero-order chi connectivity index (χ0) is 21.3. The molecule has 3 rings (SSSR count). The van der Waals surface area contributed by atoms with Gasteiger partial charge in [-0.2, -0.15) is 0 Å². The van der Waals surface area contributed by atoms with Crippen LogP contribution in [0.5, 0.6) is 5.75 Å². The molecule has 0 unspecified atom stereocenters. The SMILES string of the molecule is Cc1cccc(COc2ccccc2C(=O)OCC(=O)NCc2ccc(F)cc2)c1. The standard InChI is InChI=1S/C24H22FNO4/c1-17-5-4-6-19(13-17)15-29-22-8-3-2-7-21(22)24(28)30-16-23(27)26-14-18-9-11-20(25)12-10-18/h2-13H,14-16H2,1H3,(H,26,27). The van der Waals surface area contributed by atoms with Gasteiger partial charge in [-0.1, -0.05) is 54.1 Å². The third-order valence-corrected chi connectivity index (χ3v) is 4.32. The van der Waals surface area contributed by atoms with Crippen molar-refractivity contribution in [2.75, 3.05) is 6.61 Å². The Kier molecular flexibility index (Phi) is 7.16. The lowest BCUT2D eigenvalue weighted by Crippen LogP contribution is -2.28. The number of benzene rings is 3. The number of hydrogen-bond acceptors (Lipinski definition) is 4. The van der Waals surface area contributed by atoms with E-state index in [0.29, 0.717) is 12.4 Å². The molecule has 3 aromatic rings. The number of esters is 1.